The van der Waals surface area contributed by atoms with E-state index >= 15 is 0 Å². The number of nitrogens with zero attached hydrogens (tertiary/aromatic N) is 1. The number of amides is 1. The van der Waals surface area contributed by atoms with E-state index in [1.54, 1.807) is 0 Å². The molecule has 1 heterocycles. The van der Waals surface area contributed by atoms with Crippen molar-refractivity contribution in [1.29, 1.82) is 0 Å². The van der Waals surface area contributed by atoms with Crippen molar-refractivity contribution >= 4 is 5.91 Å². The quantitative estimate of drug-likeness (QED) is 0.810. The zero-order valence-electron chi connectivity index (χ0n) is 11.3. The third-order valence-corrected chi connectivity index (χ3v) is 3.68. The number of benzene rings is 1. The summed E-state index contributed by atoms with van der Waals surface area (Å²) in [4.78, 5) is 13.4. The molecule has 2 atom stereocenters. The minimum atomic E-state index is -4.72. The van der Waals surface area contributed by atoms with Gasteiger partial charge in [-0.15, -0.1) is 0 Å². The highest BCUT2D eigenvalue weighted by Gasteiger charge is 2.33. The number of β-amino-alcohol motifs (C(OH)–C–C–N with tert-alkyl or cyclic N) is 1. The summed E-state index contributed by atoms with van der Waals surface area (Å²) >= 11 is 0. The molecule has 0 saturated carbocycles. The van der Waals surface area contributed by atoms with Crippen molar-refractivity contribution in [2.24, 2.45) is 5.92 Å². The van der Waals surface area contributed by atoms with E-state index in [0.717, 1.165) is 6.07 Å². The lowest BCUT2D eigenvalue weighted by atomic mass is 9.95. The Morgan fingerprint density at radius 3 is 2.57 bits per heavy atom. The molecule has 1 aliphatic heterocycles. The first-order valence-corrected chi connectivity index (χ1v) is 6.53. The summed E-state index contributed by atoms with van der Waals surface area (Å²) in [6, 6.07) is 1.77. The Balaban J connectivity index is 2.25. The van der Waals surface area contributed by atoms with E-state index in [1.807, 2.05) is 6.92 Å². The predicted octanol–water partition coefficient (Wildman–Crippen LogP) is 2.69. The first-order chi connectivity index (χ1) is 9.68. The Kier molecular flexibility index (Phi) is 4.22. The maximum atomic E-state index is 13.3. The summed E-state index contributed by atoms with van der Waals surface area (Å²) in [6.45, 7) is 2.20. The number of likely N-dealkylation sites (tertiary alicyclic amines) is 1. The van der Waals surface area contributed by atoms with Crippen LogP contribution in [0.2, 0.25) is 0 Å². The number of hydrogen-bond donors (Lipinski definition) is 1. The summed E-state index contributed by atoms with van der Waals surface area (Å²) in [7, 11) is 0. The average molecular weight is 305 g/mol. The van der Waals surface area contributed by atoms with Crippen LogP contribution in [0.1, 0.15) is 29.3 Å². The third-order valence-electron chi connectivity index (χ3n) is 3.68. The number of rotatable bonds is 1. The Morgan fingerprint density at radius 1 is 1.33 bits per heavy atom. The molecule has 116 valence electrons. The molecular weight excluding hydrogens is 290 g/mol. The SMILES string of the molecule is CC1CCN(C(=O)c2cc(F)cc(C(F)(F)F)c2)CC1O. The lowest BCUT2D eigenvalue weighted by Crippen LogP contribution is -2.45. The van der Waals surface area contributed by atoms with Crippen LogP contribution in [0.3, 0.4) is 0 Å². The molecule has 2 unspecified atom stereocenters. The van der Waals surface area contributed by atoms with Gasteiger partial charge in [0, 0.05) is 18.7 Å². The van der Waals surface area contributed by atoms with Crippen LogP contribution in [-0.4, -0.2) is 35.1 Å². The third kappa shape index (κ3) is 3.53. The van der Waals surface area contributed by atoms with Crippen molar-refractivity contribution in [3.63, 3.8) is 0 Å². The second-order valence-electron chi connectivity index (χ2n) is 5.31. The molecule has 0 spiro atoms. The zero-order valence-corrected chi connectivity index (χ0v) is 11.3. The molecule has 1 aromatic rings. The molecule has 1 amide bonds. The van der Waals surface area contributed by atoms with Crippen LogP contribution in [-0.2, 0) is 6.18 Å². The number of hydrogen-bond acceptors (Lipinski definition) is 2. The first kappa shape index (κ1) is 15.8. The maximum absolute atomic E-state index is 13.3. The van der Waals surface area contributed by atoms with E-state index in [-0.39, 0.29) is 18.0 Å². The van der Waals surface area contributed by atoms with Gasteiger partial charge in [0.2, 0.25) is 0 Å². The fourth-order valence-electron chi connectivity index (χ4n) is 2.29. The first-order valence-electron chi connectivity index (χ1n) is 6.53. The predicted molar refractivity (Wildman–Crippen MR) is 67.1 cm³/mol. The topological polar surface area (TPSA) is 40.5 Å². The Morgan fingerprint density at radius 2 is 2.00 bits per heavy atom. The van der Waals surface area contributed by atoms with Gasteiger partial charge in [-0.05, 0) is 30.5 Å². The fraction of sp³-hybridized carbons (Fsp3) is 0.500. The van der Waals surface area contributed by atoms with Gasteiger partial charge in [0.1, 0.15) is 5.82 Å². The molecule has 1 aromatic carbocycles. The molecule has 0 aromatic heterocycles. The molecule has 7 heteroatoms. The van der Waals surface area contributed by atoms with Gasteiger partial charge in [0.25, 0.3) is 5.91 Å². The smallest absolute Gasteiger partial charge is 0.391 e. The Hall–Kier alpha value is -1.63. The van der Waals surface area contributed by atoms with Gasteiger partial charge in [0.15, 0.2) is 0 Å². The van der Waals surface area contributed by atoms with Gasteiger partial charge < -0.3 is 10.0 Å². The summed E-state index contributed by atoms with van der Waals surface area (Å²) in [6.07, 6.45) is -4.89. The summed E-state index contributed by atoms with van der Waals surface area (Å²) in [5.41, 5.74) is -1.55. The Bertz CT molecular complexity index is 544. The number of alkyl halides is 3. The van der Waals surface area contributed by atoms with Gasteiger partial charge in [-0.2, -0.15) is 13.2 Å². The number of piperidine rings is 1. The minimum Gasteiger partial charge on any atom is -0.391 e. The molecule has 1 N–H and O–H groups in total. The van der Waals surface area contributed by atoms with Gasteiger partial charge in [0.05, 0.1) is 11.7 Å². The number of carbonyl (C=O) groups is 1. The van der Waals surface area contributed by atoms with Crippen LogP contribution >= 0.6 is 0 Å². The van der Waals surface area contributed by atoms with Crippen LogP contribution in [0.5, 0.6) is 0 Å². The number of aliphatic hydroxyl groups excluding tert-OH is 1. The largest absolute Gasteiger partial charge is 0.416 e. The molecule has 0 aliphatic carbocycles. The van der Waals surface area contributed by atoms with Crippen LogP contribution in [0, 0.1) is 11.7 Å². The van der Waals surface area contributed by atoms with E-state index < -0.39 is 29.6 Å². The molecular formula is C14H15F4NO2. The molecule has 3 nitrogen and oxygen atoms in total. The van der Waals surface area contributed by atoms with Gasteiger partial charge in [-0.3, -0.25) is 4.79 Å². The van der Waals surface area contributed by atoms with Crippen LogP contribution in [0.25, 0.3) is 0 Å². The van der Waals surface area contributed by atoms with Crippen molar-refractivity contribution in [3.8, 4) is 0 Å². The van der Waals surface area contributed by atoms with Crippen molar-refractivity contribution in [2.75, 3.05) is 13.1 Å². The van der Waals surface area contributed by atoms with E-state index in [2.05, 4.69) is 0 Å². The molecule has 2 rings (SSSR count). The monoisotopic (exact) mass is 305 g/mol. The molecule has 0 radical (unpaired) electrons. The molecule has 1 saturated heterocycles. The fourth-order valence-corrected chi connectivity index (χ4v) is 2.29. The summed E-state index contributed by atoms with van der Waals surface area (Å²) in [5.74, 6) is -1.79. The van der Waals surface area contributed by atoms with Crippen molar-refractivity contribution in [2.45, 2.75) is 25.6 Å². The standard InChI is InChI=1S/C14H15F4NO2/c1-8-2-3-19(7-12(8)20)13(21)9-4-10(14(16,17)18)6-11(15)5-9/h4-6,8,12,20H,2-3,7H2,1H3. The number of aliphatic hydroxyl groups is 1. The maximum Gasteiger partial charge on any atom is 0.416 e. The zero-order chi connectivity index (χ0) is 15.8. The van der Waals surface area contributed by atoms with E-state index in [9.17, 15) is 27.5 Å². The van der Waals surface area contributed by atoms with Crippen LogP contribution in [0.15, 0.2) is 18.2 Å². The highest BCUT2D eigenvalue weighted by Crippen LogP contribution is 2.31. The molecule has 0 bridgehead atoms. The highest BCUT2D eigenvalue weighted by molar-refractivity contribution is 5.94. The summed E-state index contributed by atoms with van der Waals surface area (Å²) in [5, 5.41) is 9.73. The lowest BCUT2D eigenvalue weighted by molar-refractivity contribution is -0.137. The Labute approximate surface area is 119 Å². The molecule has 1 fully saturated rings. The number of carbonyl (C=O) groups excluding carboxylic acids is 1. The number of halogens is 4. The molecule has 1 aliphatic rings. The minimum absolute atomic E-state index is 0.0206. The highest BCUT2D eigenvalue weighted by atomic mass is 19.4. The molecule has 21 heavy (non-hydrogen) atoms. The normalized spacial score (nSPS) is 23.2. The van der Waals surface area contributed by atoms with Gasteiger partial charge in [-0.25, -0.2) is 4.39 Å². The van der Waals surface area contributed by atoms with E-state index in [4.69, 9.17) is 0 Å². The lowest BCUT2D eigenvalue weighted by Gasteiger charge is -2.34. The summed E-state index contributed by atoms with van der Waals surface area (Å²) < 4.78 is 51.2. The van der Waals surface area contributed by atoms with Crippen LogP contribution < -0.4 is 0 Å². The van der Waals surface area contributed by atoms with Crippen molar-refractivity contribution in [1.82, 2.24) is 4.90 Å². The second kappa shape index (κ2) is 5.63. The van der Waals surface area contributed by atoms with Gasteiger partial charge in [-0.1, -0.05) is 6.92 Å². The van der Waals surface area contributed by atoms with E-state index in [1.165, 1.54) is 4.90 Å². The van der Waals surface area contributed by atoms with Crippen molar-refractivity contribution < 1.29 is 27.5 Å². The van der Waals surface area contributed by atoms with Crippen LogP contribution in [0.4, 0.5) is 17.6 Å². The van der Waals surface area contributed by atoms with Gasteiger partial charge >= 0.3 is 6.18 Å². The second-order valence-corrected chi connectivity index (χ2v) is 5.31. The van der Waals surface area contributed by atoms with Crippen molar-refractivity contribution in [3.05, 3.63) is 35.1 Å². The average Bonchev–Trinajstić information content (AvgIpc) is 2.39. The van der Waals surface area contributed by atoms with E-state index in [0.29, 0.717) is 25.1 Å².